The molecule has 0 radical (unpaired) electrons. The summed E-state index contributed by atoms with van der Waals surface area (Å²) in [6.45, 7) is -2.96. The molecule has 0 saturated heterocycles. The summed E-state index contributed by atoms with van der Waals surface area (Å²) in [4.78, 5) is 0. The van der Waals surface area contributed by atoms with Crippen molar-refractivity contribution in [2.24, 2.45) is 0 Å². The van der Waals surface area contributed by atoms with E-state index in [0.29, 0.717) is 0 Å². The third kappa shape index (κ3) is 5.26. The normalized spacial score (nSPS) is 10.4. The summed E-state index contributed by atoms with van der Waals surface area (Å²) in [6.07, 6.45) is 0. The molecule has 0 aliphatic carbocycles. The minimum Gasteiger partial charge on any atom is -0.304 e. The minimum atomic E-state index is -2.96. The fraction of sp³-hybridized carbons (Fsp3) is 1.00. The molecule has 46 valence electrons. The van der Waals surface area contributed by atoms with E-state index >= 15 is 0 Å². The van der Waals surface area contributed by atoms with Crippen molar-refractivity contribution in [1.29, 1.82) is 0 Å². The van der Waals surface area contributed by atoms with Crippen LogP contribution in [-0.4, -0.2) is 14.2 Å². The van der Waals surface area contributed by atoms with Crippen LogP contribution >= 0.6 is 19.0 Å². The molecule has 0 spiro atoms. The molecule has 8 heavy (non-hydrogen) atoms. The van der Waals surface area contributed by atoms with Gasteiger partial charge in [-0.3, -0.25) is 0 Å². The molecule has 0 aromatic carbocycles. The van der Waals surface area contributed by atoms with Gasteiger partial charge in [0.05, 0.1) is 0 Å². The van der Waals surface area contributed by atoms with Gasteiger partial charge in [-0.05, 0) is 0 Å². The van der Waals surface area contributed by atoms with Crippen molar-refractivity contribution in [1.82, 2.24) is 0 Å². The summed E-state index contributed by atoms with van der Waals surface area (Å²) in [7, 11) is 2.55. The minimum absolute atomic E-state index is 0. The summed E-state index contributed by atoms with van der Waals surface area (Å²) in [5.74, 6) is 0. The second-order valence-electron chi connectivity index (χ2n) is 0.834. The molecular weight excluding hydrogens is 200 g/mol. The quantitative estimate of drug-likeness (QED) is 0.421. The molecule has 0 aromatic heterocycles. The first-order valence-electron chi connectivity index (χ1n) is 1.56. The van der Waals surface area contributed by atoms with E-state index in [2.05, 4.69) is 21.3 Å². The van der Waals surface area contributed by atoms with Crippen LogP contribution in [0.2, 0.25) is 0 Å². The fourth-order valence-corrected chi connectivity index (χ4v) is 0.224. The third-order valence-corrected chi connectivity index (χ3v) is 2.36. The molecule has 0 aliphatic rings. The van der Waals surface area contributed by atoms with Crippen LogP contribution in [0.4, 0.5) is 0 Å². The molecule has 0 rings (SSSR count). The topological polar surface area (TPSA) is 35.5 Å². The molecule has 0 aromatic rings. The monoisotopic (exact) mass is 206 g/mol. The Hall–Kier alpha value is 1.12. The molecule has 0 fully saturated rings. The zero-order valence-corrected chi connectivity index (χ0v) is 9.58. The van der Waals surface area contributed by atoms with Gasteiger partial charge in [0.15, 0.2) is 0 Å². The predicted octanol–water partition coefficient (Wildman–Crippen LogP) is 1.31. The maximum atomic E-state index is 10.4. The predicted molar refractivity (Wildman–Crippen MR) is 30.6 cm³/mol. The SMILES string of the molecule is COP(=O)(S)OC.[Zn]. The summed E-state index contributed by atoms with van der Waals surface area (Å²) in [5.41, 5.74) is 0. The Balaban J connectivity index is 0. The van der Waals surface area contributed by atoms with Gasteiger partial charge in [0.25, 0.3) is 0 Å². The fourth-order valence-electron chi connectivity index (χ4n) is 0.0745. The van der Waals surface area contributed by atoms with Crippen LogP contribution < -0.4 is 0 Å². The van der Waals surface area contributed by atoms with Gasteiger partial charge in [0.2, 0.25) is 0 Å². The Labute approximate surface area is 66.6 Å². The van der Waals surface area contributed by atoms with Crippen LogP contribution in [-0.2, 0) is 33.1 Å². The van der Waals surface area contributed by atoms with Gasteiger partial charge in [-0.25, -0.2) is 4.57 Å². The van der Waals surface area contributed by atoms with Crippen LogP contribution in [0, 0.1) is 0 Å². The van der Waals surface area contributed by atoms with Gasteiger partial charge in [0.1, 0.15) is 0 Å². The zero-order valence-electron chi connectivity index (χ0n) is 4.83. The van der Waals surface area contributed by atoms with E-state index in [4.69, 9.17) is 0 Å². The Bertz CT molecular complexity index is 89.3. The molecule has 0 amide bonds. The molecule has 0 saturated carbocycles. The standard InChI is InChI=1S/C2H7O3PS.Zn/c1-4-6(3,7)5-2;/h1-2H3,(H,3,7);. The molecule has 0 N–H and O–H groups in total. The second-order valence-corrected chi connectivity index (χ2v) is 3.97. The molecule has 3 nitrogen and oxygen atoms in total. The summed E-state index contributed by atoms with van der Waals surface area (Å²) in [5, 5.41) is 0. The molecule has 0 bridgehead atoms. The van der Waals surface area contributed by atoms with E-state index in [0.717, 1.165) is 0 Å². The Morgan fingerprint density at radius 3 is 1.62 bits per heavy atom. The van der Waals surface area contributed by atoms with Crippen molar-refractivity contribution in [2.45, 2.75) is 0 Å². The van der Waals surface area contributed by atoms with E-state index in [-0.39, 0.29) is 19.5 Å². The Morgan fingerprint density at radius 1 is 1.38 bits per heavy atom. The van der Waals surface area contributed by atoms with Crippen LogP contribution in [0.3, 0.4) is 0 Å². The van der Waals surface area contributed by atoms with E-state index in [9.17, 15) is 4.57 Å². The largest absolute Gasteiger partial charge is 0.385 e. The van der Waals surface area contributed by atoms with E-state index < -0.39 is 6.80 Å². The second kappa shape index (κ2) is 4.95. The van der Waals surface area contributed by atoms with Gasteiger partial charge in [0, 0.05) is 33.7 Å². The first-order valence-corrected chi connectivity index (χ1v) is 4.26. The average Bonchev–Trinajstić information content (AvgIpc) is 1.68. The van der Waals surface area contributed by atoms with Crippen molar-refractivity contribution in [2.75, 3.05) is 14.2 Å². The Morgan fingerprint density at radius 2 is 1.62 bits per heavy atom. The van der Waals surface area contributed by atoms with E-state index in [1.807, 2.05) is 0 Å². The van der Waals surface area contributed by atoms with Gasteiger partial charge in [-0.15, -0.1) is 0 Å². The summed E-state index contributed by atoms with van der Waals surface area (Å²) >= 11 is 3.50. The first kappa shape index (κ1) is 11.9. The van der Waals surface area contributed by atoms with E-state index in [1.54, 1.807) is 0 Å². The molecule has 0 aliphatic heterocycles. The maximum Gasteiger partial charge on any atom is 0.385 e. The Kier molecular flexibility index (Phi) is 7.34. The van der Waals surface area contributed by atoms with Crippen LogP contribution in [0.5, 0.6) is 0 Å². The molecule has 6 heteroatoms. The summed E-state index contributed by atoms with van der Waals surface area (Å²) < 4.78 is 18.9. The van der Waals surface area contributed by atoms with Crippen LogP contribution in [0.1, 0.15) is 0 Å². The molecule has 0 heterocycles. The van der Waals surface area contributed by atoms with Crippen LogP contribution in [0.15, 0.2) is 0 Å². The number of rotatable bonds is 2. The van der Waals surface area contributed by atoms with Gasteiger partial charge in [-0.1, -0.05) is 12.2 Å². The van der Waals surface area contributed by atoms with Crippen molar-refractivity contribution in [3.63, 3.8) is 0 Å². The zero-order chi connectivity index (χ0) is 5.91. The molecule has 0 unspecified atom stereocenters. The maximum absolute atomic E-state index is 10.4. The third-order valence-electron chi connectivity index (χ3n) is 0.461. The molecule has 0 atom stereocenters. The molecular formula is C2H7O3PSZn. The smallest absolute Gasteiger partial charge is 0.304 e. The number of hydrogen-bond donors (Lipinski definition) is 1. The number of hydrogen-bond acceptors (Lipinski definition) is 3. The summed E-state index contributed by atoms with van der Waals surface area (Å²) in [6, 6.07) is 0. The first-order chi connectivity index (χ1) is 3.12. The van der Waals surface area contributed by atoms with E-state index in [1.165, 1.54) is 14.2 Å². The van der Waals surface area contributed by atoms with Crippen molar-refractivity contribution in [3.05, 3.63) is 0 Å². The van der Waals surface area contributed by atoms with Crippen molar-refractivity contribution < 1.29 is 33.1 Å². The average molecular weight is 208 g/mol. The number of thiol groups is 1. The van der Waals surface area contributed by atoms with Crippen LogP contribution in [0.25, 0.3) is 0 Å². The van der Waals surface area contributed by atoms with Gasteiger partial charge < -0.3 is 9.05 Å². The van der Waals surface area contributed by atoms with Crippen molar-refractivity contribution >= 4 is 19.0 Å². The van der Waals surface area contributed by atoms with Crippen molar-refractivity contribution in [3.8, 4) is 0 Å². The van der Waals surface area contributed by atoms with Gasteiger partial charge >= 0.3 is 6.80 Å². The van der Waals surface area contributed by atoms with Gasteiger partial charge in [-0.2, -0.15) is 0 Å².